The first-order chi connectivity index (χ1) is 7.04. The van der Waals surface area contributed by atoms with Crippen LogP contribution in [0.15, 0.2) is 0 Å². The van der Waals surface area contributed by atoms with Gasteiger partial charge in [0.25, 0.3) is 0 Å². The molecule has 1 heterocycles. The predicted molar refractivity (Wildman–Crippen MR) is 57.7 cm³/mol. The molecule has 4 heteroatoms. The predicted octanol–water partition coefficient (Wildman–Crippen LogP) is 1.05. The molecule has 0 spiro atoms. The highest BCUT2D eigenvalue weighted by atomic mass is 16.5. The average molecular weight is 215 g/mol. The molecule has 1 aliphatic rings. The van der Waals surface area contributed by atoms with Crippen LogP contribution in [0.2, 0.25) is 0 Å². The lowest BCUT2D eigenvalue weighted by atomic mass is 10.2. The number of morpholine rings is 1. The molecule has 0 aliphatic carbocycles. The van der Waals surface area contributed by atoms with Crippen molar-refractivity contribution < 1.29 is 14.3 Å². The summed E-state index contributed by atoms with van der Waals surface area (Å²) in [7, 11) is 0. The van der Waals surface area contributed by atoms with Crippen molar-refractivity contribution >= 4 is 5.97 Å². The van der Waals surface area contributed by atoms with Crippen molar-refractivity contribution in [3.63, 3.8) is 0 Å². The SMILES string of the molecule is CCOC(=O)[C@H](C)N1C[C@@H](C)O[C@H](C)C1. The maximum Gasteiger partial charge on any atom is 0.323 e. The summed E-state index contributed by atoms with van der Waals surface area (Å²) in [4.78, 5) is 13.7. The molecule has 15 heavy (non-hydrogen) atoms. The van der Waals surface area contributed by atoms with E-state index in [-0.39, 0.29) is 24.2 Å². The topological polar surface area (TPSA) is 38.8 Å². The van der Waals surface area contributed by atoms with Gasteiger partial charge in [-0.1, -0.05) is 0 Å². The normalized spacial score (nSPS) is 29.9. The minimum Gasteiger partial charge on any atom is -0.465 e. The number of esters is 1. The van der Waals surface area contributed by atoms with Crippen molar-refractivity contribution in [2.24, 2.45) is 0 Å². The molecule has 1 aliphatic heterocycles. The van der Waals surface area contributed by atoms with Gasteiger partial charge in [0.05, 0.1) is 18.8 Å². The van der Waals surface area contributed by atoms with E-state index in [4.69, 9.17) is 9.47 Å². The van der Waals surface area contributed by atoms with Crippen LogP contribution in [-0.4, -0.2) is 48.8 Å². The van der Waals surface area contributed by atoms with Crippen molar-refractivity contribution in [1.29, 1.82) is 0 Å². The fourth-order valence-electron chi connectivity index (χ4n) is 1.95. The van der Waals surface area contributed by atoms with Crippen molar-refractivity contribution in [1.82, 2.24) is 4.90 Å². The Bertz CT molecular complexity index is 210. The van der Waals surface area contributed by atoms with Crippen LogP contribution in [0.25, 0.3) is 0 Å². The monoisotopic (exact) mass is 215 g/mol. The van der Waals surface area contributed by atoms with Gasteiger partial charge in [-0.15, -0.1) is 0 Å². The zero-order chi connectivity index (χ0) is 11.4. The van der Waals surface area contributed by atoms with E-state index in [2.05, 4.69) is 4.90 Å². The van der Waals surface area contributed by atoms with Crippen molar-refractivity contribution in [2.45, 2.75) is 45.9 Å². The first-order valence-corrected chi connectivity index (χ1v) is 5.60. The zero-order valence-electron chi connectivity index (χ0n) is 10.0. The van der Waals surface area contributed by atoms with Gasteiger partial charge in [-0.25, -0.2) is 0 Å². The number of nitrogens with zero attached hydrogens (tertiary/aromatic N) is 1. The Kier molecular flexibility index (Phi) is 4.54. The van der Waals surface area contributed by atoms with Gasteiger partial charge in [0, 0.05) is 13.1 Å². The fraction of sp³-hybridized carbons (Fsp3) is 0.909. The molecular weight excluding hydrogens is 194 g/mol. The van der Waals surface area contributed by atoms with Gasteiger partial charge in [0.2, 0.25) is 0 Å². The second-order valence-electron chi connectivity index (χ2n) is 4.14. The number of hydrogen-bond donors (Lipinski definition) is 0. The molecule has 0 aromatic carbocycles. The van der Waals surface area contributed by atoms with Gasteiger partial charge >= 0.3 is 5.97 Å². The van der Waals surface area contributed by atoms with E-state index in [0.717, 1.165) is 13.1 Å². The molecular formula is C11H21NO3. The summed E-state index contributed by atoms with van der Waals surface area (Å²) in [5, 5.41) is 0. The third-order valence-corrected chi connectivity index (χ3v) is 2.62. The molecule has 3 atom stereocenters. The highest BCUT2D eigenvalue weighted by Crippen LogP contribution is 2.14. The zero-order valence-corrected chi connectivity index (χ0v) is 10.0. The van der Waals surface area contributed by atoms with Crippen molar-refractivity contribution in [2.75, 3.05) is 19.7 Å². The van der Waals surface area contributed by atoms with Gasteiger partial charge < -0.3 is 9.47 Å². The molecule has 1 rings (SSSR count). The molecule has 0 bridgehead atoms. The van der Waals surface area contributed by atoms with E-state index in [1.54, 1.807) is 0 Å². The van der Waals surface area contributed by atoms with E-state index in [9.17, 15) is 4.79 Å². The highest BCUT2D eigenvalue weighted by molar-refractivity contribution is 5.75. The van der Waals surface area contributed by atoms with E-state index >= 15 is 0 Å². The lowest BCUT2D eigenvalue weighted by molar-refractivity contribution is -0.153. The van der Waals surface area contributed by atoms with Gasteiger partial charge in [0.1, 0.15) is 6.04 Å². The van der Waals surface area contributed by atoms with Crippen molar-refractivity contribution in [3.05, 3.63) is 0 Å². The molecule has 4 nitrogen and oxygen atoms in total. The average Bonchev–Trinajstić information content (AvgIpc) is 2.15. The molecule has 0 aromatic heterocycles. The summed E-state index contributed by atoms with van der Waals surface area (Å²) in [5.41, 5.74) is 0. The Morgan fingerprint density at radius 1 is 1.47 bits per heavy atom. The Labute approximate surface area is 91.5 Å². The Balaban J connectivity index is 2.51. The molecule has 0 unspecified atom stereocenters. The third-order valence-electron chi connectivity index (χ3n) is 2.62. The maximum absolute atomic E-state index is 11.6. The lowest BCUT2D eigenvalue weighted by Crippen LogP contribution is -2.51. The minimum atomic E-state index is -0.168. The summed E-state index contributed by atoms with van der Waals surface area (Å²) >= 11 is 0. The van der Waals surface area contributed by atoms with Crippen LogP contribution in [0.4, 0.5) is 0 Å². The Morgan fingerprint density at radius 3 is 2.47 bits per heavy atom. The second kappa shape index (κ2) is 5.47. The first kappa shape index (κ1) is 12.5. The third kappa shape index (κ3) is 3.47. The Morgan fingerprint density at radius 2 is 2.00 bits per heavy atom. The van der Waals surface area contributed by atoms with Crippen LogP contribution >= 0.6 is 0 Å². The van der Waals surface area contributed by atoms with E-state index < -0.39 is 0 Å². The van der Waals surface area contributed by atoms with Crippen LogP contribution in [-0.2, 0) is 14.3 Å². The van der Waals surface area contributed by atoms with E-state index in [0.29, 0.717) is 6.61 Å². The van der Waals surface area contributed by atoms with Gasteiger partial charge in [-0.05, 0) is 27.7 Å². The fourth-order valence-corrected chi connectivity index (χ4v) is 1.95. The highest BCUT2D eigenvalue weighted by Gasteiger charge is 2.29. The molecule has 88 valence electrons. The van der Waals surface area contributed by atoms with E-state index in [1.165, 1.54) is 0 Å². The smallest absolute Gasteiger partial charge is 0.323 e. The maximum atomic E-state index is 11.6. The van der Waals surface area contributed by atoms with Crippen LogP contribution in [0.5, 0.6) is 0 Å². The number of carbonyl (C=O) groups excluding carboxylic acids is 1. The quantitative estimate of drug-likeness (QED) is 0.660. The van der Waals surface area contributed by atoms with E-state index in [1.807, 2.05) is 27.7 Å². The van der Waals surface area contributed by atoms with Crippen LogP contribution in [0.1, 0.15) is 27.7 Å². The molecule has 0 radical (unpaired) electrons. The molecule has 1 saturated heterocycles. The molecule has 0 amide bonds. The minimum absolute atomic E-state index is 0.140. The number of rotatable bonds is 3. The van der Waals surface area contributed by atoms with Crippen LogP contribution in [0.3, 0.4) is 0 Å². The van der Waals surface area contributed by atoms with Gasteiger partial charge in [-0.2, -0.15) is 0 Å². The Hall–Kier alpha value is -0.610. The largest absolute Gasteiger partial charge is 0.465 e. The lowest BCUT2D eigenvalue weighted by Gasteiger charge is -2.37. The second-order valence-corrected chi connectivity index (χ2v) is 4.14. The summed E-state index contributed by atoms with van der Waals surface area (Å²) in [6, 6.07) is -0.168. The standard InChI is InChI=1S/C11H21NO3/c1-5-14-11(13)10(4)12-6-8(2)15-9(3)7-12/h8-10H,5-7H2,1-4H3/t8-,9-,10+/m1/s1. The summed E-state index contributed by atoms with van der Waals surface area (Å²) in [6.45, 7) is 9.81. The first-order valence-electron chi connectivity index (χ1n) is 5.60. The van der Waals surface area contributed by atoms with Gasteiger partial charge in [0.15, 0.2) is 0 Å². The van der Waals surface area contributed by atoms with Crippen LogP contribution in [0, 0.1) is 0 Å². The summed E-state index contributed by atoms with van der Waals surface area (Å²) in [6.07, 6.45) is 0.372. The molecule has 0 saturated carbocycles. The van der Waals surface area contributed by atoms with Crippen LogP contribution < -0.4 is 0 Å². The number of carbonyl (C=O) groups is 1. The molecule has 0 N–H and O–H groups in total. The summed E-state index contributed by atoms with van der Waals surface area (Å²) < 4.78 is 10.6. The summed E-state index contributed by atoms with van der Waals surface area (Å²) in [5.74, 6) is -0.140. The van der Waals surface area contributed by atoms with Crippen molar-refractivity contribution in [3.8, 4) is 0 Å². The molecule has 0 aromatic rings. The molecule has 1 fully saturated rings. The number of hydrogen-bond acceptors (Lipinski definition) is 4. The van der Waals surface area contributed by atoms with Gasteiger partial charge in [-0.3, -0.25) is 9.69 Å². The number of ether oxygens (including phenoxy) is 2.